The van der Waals surface area contributed by atoms with Crippen LogP contribution in [0.1, 0.15) is 50.0 Å². The van der Waals surface area contributed by atoms with Crippen molar-refractivity contribution in [3.05, 3.63) is 23.8 Å². The molecule has 1 aromatic rings. The standard InChI is InChI=1S/C14H19N3O/c1-10(2)12(9-15)14-16-6-3-13(17-14)11-4-7-18-8-5-11/h3,6,10-12H,4-5,7-8H2,1-2H3. The van der Waals surface area contributed by atoms with Gasteiger partial charge in [0.1, 0.15) is 11.7 Å². The lowest BCUT2D eigenvalue weighted by Gasteiger charge is -2.22. The van der Waals surface area contributed by atoms with Gasteiger partial charge in [0.05, 0.1) is 6.07 Å². The first-order valence-corrected chi connectivity index (χ1v) is 6.52. The number of nitriles is 1. The third kappa shape index (κ3) is 2.85. The molecule has 1 unspecified atom stereocenters. The SMILES string of the molecule is CC(C)C(C#N)c1nccc(C2CCOCC2)n1. The van der Waals surface area contributed by atoms with Crippen LogP contribution in [-0.2, 0) is 4.74 Å². The third-order valence-electron chi connectivity index (χ3n) is 3.42. The molecule has 0 aliphatic carbocycles. The van der Waals surface area contributed by atoms with E-state index in [1.54, 1.807) is 6.20 Å². The van der Waals surface area contributed by atoms with Crippen LogP contribution in [0, 0.1) is 17.2 Å². The lowest BCUT2D eigenvalue weighted by atomic mass is 9.94. The van der Waals surface area contributed by atoms with Gasteiger partial charge in [-0.05, 0) is 24.8 Å². The van der Waals surface area contributed by atoms with Crippen LogP contribution in [0.4, 0.5) is 0 Å². The topological polar surface area (TPSA) is 58.8 Å². The summed E-state index contributed by atoms with van der Waals surface area (Å²) in [6, 6.07) is 4.26. The van der Waals surface area contributed by atoms with Crippen LogP contribution in [0.15, 0.2) is 12.3 Å². The van der Waals surface area contributed by atoms with Gasteiger partial charge in [-0.15, -0.1) is 0 Å². The molecule has 18 heavy (non-hydrogen) atoms. The Hall–Kier alpha value is -1.47. The number of nitrogens with zero attached hydrogens (tertiary/aromatic N) is 3. The maximum absolute atomic E-state index is 9.20. The first-order valence-electron chi connectivity index (χ1n) is 6.52. The summed E-state index contributed by atoms with van der Waals surface area (Å²) in [5.74, 6) is 1.13. The van der Waals surface area contributed by atoms with Gasteiger partial charge in [-0.25, -0.2) is 9.97 Å². The zero-order valence-corrected chi connectivity index (χ0v) is 11.0. The molecule has 0 radical (unpaired) electrons. The second-order valence-corrected chi connectivity index (χ2v) is 5.08. The van der Waals surface area contributed by atoms with Crippen LogP contribution < -0.4 is 0 Å². The Morgan fingerprint density at radius 3 is 2.72 bits per heavy atom. The Morgan fingerprint density at radius 1 is 1.39 bits per heavy atom. The van der Waals surface area contributed by atoms with E-state index < -0.39 is 0 Å². The van der Waals surface area contributed by atoms with Gasteiger partial charge >= 0.3 is 0 Å². The quantitative estimate of drug-likeness (QED) is 0.821. The predicted molar refractivity (Wildman–Crippen MR) is 68.0 cm³/mol. The highest BCUT2D eigenvalue weighted by molar-refractivity contribution is 5.15. The smallest absolute Gasteiger partial charge is 0.145 e. The Morgan fingerprint density at radius 2 is 2.11 bits per heavy atom. The van der Waals surface area contributed by atoms with Crippen LogP contribution in [0.2, 0.25) is 0 Å². The fraction of sp³-hybridized carbons (Fsp3) is 0.643. The van der Waals surface area contributed by atoms with Crippen molar-refractivity contribution >= 4 is 0 Å². The van der Waals surface area contributed by atoms with E-state index in [4.69, 9.17) is 4.74 Å². The Bertz CT molecular complexity index is 433. The van der Waals surface area contributed by atoms with Crippen LogP contribution in [0.3, 0.4) is 0 Å². The maximum Gasteiger partial charge on any atom is 0.145 e. The van der Waals surface area contributed by atoms with Crippen LogP contribution in [-0.4, -0.2) is 23.2 Å². The van der Waals surface area contributed by atoms with Crippen molar-refractivity contribution < 1.29 is 4.74 Å². The zero-order valence-electron chi connectivity index (χ0n) is 11.0. The first kappa shape index (κ1) is 13.0. The minimum absolute atomic E-state index is 0.218. The van der Waals surface area contributed by atoms with Gasteiger partial charge in [0.25, 0.3) is 0 Å². The van der Waals surface area contributed by atoms with E-state index in [2.05, 4.69) is 16.0 Å². The lowest BCUT2D eigenvalue weighted by Crippen LogP contribution is -2.17. The number of ether oxygens (including phenoxy) is 1. The Labute approximate surface area is 108 Å². The van der Waals surface area contributed by atoms with Crippen LogP contribution >= 0.6 is 0 Å². The number of hydrogen-bond donors (Lipinski definition) is 0. The average Bonchev–Trinajstić information content (AvgIpc) is 2.40. The number of hydrogen-bond acceptors (Lipinski definition) is 4. The second-order valence-electron chi connectivity index (χ2n) is 5.08. The highest BCUT2D eigenvalue weighted by Crippen LogP contribution is 2.27. The molecular weight excluding hydrogens is 226 g/mol. The van der Waals surface area contributed by atoms with Crippen molar-refractivity contribution in [2.24, 2.45) is 5.92 Å². The second kappa shape index (κ2) is 5.92. The largest absolute Gasteiger partial charge is 0.381 e. The first-order chi connectivity index (χ1) is 8.72. The molecule has 1 aromatic heterocycles. The number of rotatable bonds is 3. The summed E-state index contributed by atoms with van der Waals surface area (Å²) < 4.78 is 5.36. The van der Waals surface area contributed by atoms with Gasteiger partial charge in [-0.2, -0.15) is 5.26 Å². The molecule has 0 bridgehead atoms. The molecule has 0 saturated carbocycles. The summed E-state index contributed by atoms with van der Waals surface area (Å²) in [6.45, 7) is 5.66. The molecule has 0 spiro atoms. The fourth-order valence-electron chi connectivity index (χ4n) is 2.26. The zero-order chi connectivity index (χ0) is 13.0. The van der Waals surface area contributed by atoms with Gasteiger partial charge < -0.3 is 4.74 Å². The average molecular weight is 245 g/mol. The summed E-state index contributed by atoms with van der Waals surface area (Å²) in [4.78, 5) is 8.86. The highest BCUT2D eigenvalue weighted by Gasteiger charge is 2.21. The molecule has 4 nitrogen and oxygen atoms in total. The molecule has 1 aliphatic heterocycles. The van der Waals surface area contributed by atoms with Gasteiger partial charge in [-0.1, -0.05) is 13.8 Å². The van der Waals surface area contributed by atoms with Crippen LogP contribution in [0.25, 0.3) is 0 Å². The molecule has 96 valence electrons. The monoisotopic (exact) mass is 245 g/mol. The van der Waals surface area contributed by atoms with Crippen molar-refractivity contribution in [3.8, 4) is 6.07 Å². The van der Waals surface area contributed by atoms with E-state index in [0.29, 0.717) is 11.7 Å². The van der Waals surface area contributed by atoms with Crippen molar-refractivity contribution in [2.75, 3.05) is 13.2 Å². The van der Waals surface area contributed by atoms with Crippen molar-refractivity contribution in [2.45, 2.75) is 38.5 Å². The van der Waals surface area contributed by atoms with E-state index in [1.807, 2.05) is 19.9 Å². The van der Waals surface area contributed by atoms with Gasteiger partial charge in [0.2, 0.25) is 0 Å². The molecule has 1 aliphatic rings. The van der Waals surface area contributed by atoms with Gasteiger partial charge in [0.15, 0.2) is 0 Å². The van der Waals surface area contributed by atoms with Crippen molar-refractivity contribution in [1.29, 1.82) is 5.26 Å². The van der Waals surface area contributed by atoms with Crippen molar-refractivity contribution in [3.63, 3.8) is 0 Å². The molecule has 1 fully saturated rings. The van der Waals surface area contributed by atoms with E-state index in [9.17, 15) is 5.26 Å². The summed E-state index contributed by atoms with van der Waals surface area (Å²) >= 11 is 0. The maximum atomic E-state index is 9.20. The summed E-state index contributed by atoms with van der Waals surface area (Å²) in [5, 5.41) is 9.20. The minimum atomic E-state index is -0.218. The van der Waals surface area contributed by atoms with E-state index >= 15 is 0 Å². The lowest BCUT2D eigenvalue weighted by molar-refractivity contribution is 0.0844. The minimum Gasteiger partial charge on any atom is -0.381 e. The molecule has 2 heterocycles. The molecule has 0 aromatic carbocycles. The Balaban J connectivity index is 2.21. The van der Waals surface area contributed by atoms with Gasteiger partial charge in [0, 0.05) is 31.0 Å². The third-order valence-corrected chi connectivity index (χ3v) is 3.42. The summed E-state index contributed by atoms with van der Waals surface area (Å²) in [5.41, 5.74) is 1.06. The summed E-state index contributed by atoms with van der Waals surface area (Å²) in [6.07, 6.45) is 3.80. The molecule has 0 amide bonds. The van der Waals surface area contributed by atoms with Gasteiger partial charge in [-0.3, -0.25) is 0 Å². The summed E-state index contributed by atoms with van der Waals surface area (Å²) in [7, 11) is 0. The molecule has 0 N–H and O–H groups in total. The van der Waals surface area contributed by atoms with E-state index in [-0.39, 0.29) is 11.8 Å². The van der Waals surface area contributed by atoms with Crippen molar-refractivity contribution in [1.82, 2.24) is 9.97 Å². The number of aromatic nitrogens is 2. The molecule has 1 saturated heterocycles. The highest BCUT2D eigenvalue weighted by atomic mass is 16.5. The molecule has 4 heteroatoms. The predicted octanol–water partition coefficient (Wildman–Crippen LogP) is 2.63. The van der Waals surface area contributed by atoms with E-state index in [1.165, 1.54) is 0 Å². The molecular formula is C14H19N3O. The molecule has 2 rings (SSSR count). The molecule has 1 atom stereocenters. The van der Waals surface area contributed by atoms with E-state index in [0.717, 1.165) is 31.7 Å². The van der Waals surface area contributed by atoms with Crippen LogP contribution in [0.5, 0.6) is 0 Å². The normalized spacial score (nSPS) is 18.6. The Kier molecular flexibility index (Phi) is 4.27. The fourth-order valence-corrected chi connectivity index (χ4v) is 2.26.